The Morgan fingerprint density at radius 2 is 1.94 bits per heavy atom. The minimum absolute atomic E-state index is 0.426. The molecule has 0 nitrogen and oxygen atoms in total. The quantitative estimate of drug-likeness (QED) is 0.592. The average Bonchev–Trinajstić information content (AvgIpc) is 2.37. The Balaban J connectivity index is 0.000000686. The molecule has 1 aromatic carbocycles. The Hall–Kier alpha value is -0.780. The van der Waals surface area contributed by atoms with Crippen LogP contribution in [0.3, 0.4) is 0 Å². The lowest BCUT2D eigenvalue weighted by atomic mass is 9.66. The zero-order valence-corrected chi connectivity index (χ0v) is 12.4. The van der Waals surface area contributed by atoms with Crippen LogP contribution in [0.25, 0.3) is 0 Å². The van der Waals surface area contributed by atoms with Crippen molar-refractivity contribution in [1.29, 1.82) is 0 Å². The molecule has 1 aromatic rings. The molecule has 0 heterocycles. The third kappa shape index (κ3) is 2.73. The maximum absolute atomic E-state index is 2.42. The average molecular weight is 232 g/mol. The van der Waals surface area contributed by atoms with Gasteiger partial charge in [-0.15, -0.1) is 0 Å². The Bertz CT molecular complexity index is 364. The molecule has 0 radical (unpaired) electrons. The molecule has 0 aromatic heterocycles. The van der Waals surface area contributed by atoms with Crippen molar-refractivity contribution in [3.8, 4) is 0 Å². The minimum atomic E-state index is 0.426. The van der Waals surface area contributed by atoms with Gasteiger partial charge in [-0.05, 0) is 48.6 Å². The van der Waals surface area contributed by atoms with Gasteiger partial charge < -0.3 is 0 Å². The van der Waals surface area contributed by atoms with Gasteiger partial charge in [-0.25, -0.2) is 0 Å². The molecule has 2 rings (SSSR count). The fourth-order valence-corrected chi connectivity index (χ4v) is 2.83. The predicted molar refractivity (Wildman–Crippen MR) is 77.8 cm³/mol. The van der Waals surface area contributed by atoms with Crippen LogP contribution in [0.5, 0.6) is 0 Å². The number of rotatable bonds is 1. The molecule has 1 aliphatic rings. The highest BCUT2D eigenvalue weighted by Crippen LogP contribution is 2.44. The van der Waals surface area contributed by atoms with Crippen LogP contribution in [-0.2, 0) is 5.41 Å². The van der Waals surface area contributed by atoms with E-state index < -0.39 is 0 Å². The van der Waals surface area contributed by atoms with E-state index in [0.29, 0.717) is 5.41 Å². The molecule has 0 N–H and O–H groups in total. The fraction of sp³-hybridized carbons (Fsp3) is 0.647. The lowest BCUT2D eigenvalue weighted by Crippen LogP contribution is -2.28. The van der Waals surface area contributed by atoms with Crippen LogP contribution >= 0.6 is 0 Å². The van der Waals surface area contributed by atoms with Crippen LogP contribution in [0.2, 0.25) is 0 Å². The maximum atomic E-state index is 2.42. The minimum Gasteiger partial charge on any atom is -0.0683 e. The van der Waals surface area contributed by atoms with Gasteiger partial charge in [0.2, 0.25) is 0 Å². The molecular formula is C17H28. The first kappa shape index (κ1) is 14.3. The van der Waals surface area contributed by atoms with E-state index in [-0.39, 0.29) is 0 Å². The van der Waals surface area contributed by atoms with Gasteiger partial charge in [0.25, 0.3) is 0 Å². The molecule has 0 saturated carbocycles. The van der Waals surface area contributed by atoms with E-state index in [1.807, 2.05) is 13.8 Å². The second kappa shape index (κ2) is 5.71. The van der Waals surface area contributed by atoms with Crippen molar-refractivity contribution in [3.63, 3.8) is 0 Å². The van der Waals surface area contributed by atoms with Crippen molar-refractivity contribution < 1.29 is 0 Å². The van der Waals surface area contributed by atoms with Gasteiger partial charge in [0.15, 0.2) is 0 Å². The number of hydrogen-bond donors (Lipinski definition) is 0. The second-order valence-electron chi connectivity index (χ2n) is 5.44. The number of benzene rings is 1. The van der Waals surface area contributed by atoms with Crippen LogP contribution in [-0.4, -0.2) is 0 Å². The molecule has 0 fully saturated rings. The molecule has 2 atom stereocenters. The van der Waals surface area contributed by atoms with Crippen molar-refractivity contribution in [1.82, 2.24) is 0 Å². The zero-order chi connectivity index (χ0) is 13.1. The first-order chi connectivity index (χ1) is 8.07. The predicted octanol–water partition coefficient (Wildman–Crippen LogP) is 5.59. The van der Waals surface area contributed by atoms with Crippen molar-refractivity contribution in [2.24, 2.45) is 0 Å². The second-order valence-corrected chi connectivity index (χ2v) is 5.44. The van der Waals surface area contributed by atoms with E-state index in [2.05, 4.69) is 45.9 Å². The van der Waals surface area contributed by atoms with Gasteiger partial charge in [0.05, 0.1) is 0 Å². The lowest BCUT2D eigenvalue weighted by Gasteiger charge is -2.38. The maximum Gasteiger partial charge on any atom is -0.00748 e. The van der Waals surface area contributed by atoms with Crippen molar-refractivity contribution in [2.45, 2.75) is 72.1 Å². The third-order valence-electron chi connectivity index (χ3n) is 4.30. The Labute approximate surface area is 107 Å². The monoisotopic (exact) mass is 232 g/mol. The SMILES string of the molecule is CC.CCC1(C)CCC(C)c2cc(C)ccc21. The van der Waals surface area contributed by atoms with Crippen LogP contribution in [0.4, 0.5) is 0 Å². The Kier molecular flexibility index (Phi) is 4.80. The number of hydrogen-bond acceptors (Lipinski definition) is 0. The topological polar surface area (TPSA) is 0 Å². The van der Waals surface area contributed by atoms with Crippen molar-refractivity contribution >= 4 is 0 Å². The molecule has 0 aliphatic heterocycles. The highest BCUT2D eigenvalue weighted by molar-refractivity contribution is 5.41. The normalized spacial score (nSPS) is 26.8. The van der Waals surface area contributed by atoms with Crippen molar-refractivity contribution in [3.05, 3.63) is 34.9 Å². The summed E-state index contributed by atoms with van der Waals surface area (Å²) in [5, 5.41) is 0. The fourth-order valence-electron chi connectivity index (χ4n) is 2.83. The smallest absolute Gasteiger partial charge is 0.00748 e. The van der Waals surface area contributed by atoms with Crippen LogP contribution in [0, 0.1) is 6.92 Å². The summed E-state index contributed by atoms with van der Waals surface area (Å²) < 4.78 is 0. The zero-order valence-electron chi connectivity index (χ0n) is 12.4. The molecule has 1 aliphatic carbocycles. The van der Waals surface area contributed by atoms with Gasteiger partial charge in [-0.3, -0.25) is 0 Å². The summed E-state index contributed by atoms with van der Waals surface area (Å²) in [5.41, 5.74) is 5.04. The standard InChI is InChI=1S/C15H22.C2H6/c1-5-15(4)9-8-12(3)13-10-11(2)6-7-14(13)15;1-2/h6-7,10,12H,5,8-9H2,1-4H3;1-2H3. The van der Waals surface area contributed by atoms with Gasteiger partial charge in [0.1, 0.15) is 0 Å². The molecule has 0 spiro atoms. The lowest BCUT2D eigenvalue weighted by molar-refractivity contribution is 0.359. The van der Waals surface area contributed by atoms with Gasteiger partial charge in [-0.2, -0.15) is 0 Å². The first-order valence-corrected chi connectivity index (χ1v) is 7.18. The molecule has 2 unspecified atom stereocenters. The summed E-state index contributed by atoms with van der Waals surface area (Å²) in [5.74, 6) is 0.750. The van der Waals surface area contributed by atoms with E-state index >= 15 is 0 Å². The van der Waals surface area contributed by atoms with E-state index in [1.165, 1.54) is 24.8 Å². The highest BCUT2D eigenvalue weighted by Gasteiger charge is 2.32. The van der Waals surface area contributed by atoms with Crippen LogP contribution in [0.15, 0.2) is 18.2 Å². The van der Waals surface area contributed by atoms with Gasteiger partial charge >= 0.3 is 0 Å². The summed E-state index contributed by atoms with van der Waals surface area (Å²) in [6.45, 7) is 13.3. The summed E-state index contributed by atoms with van der Waals surface area (Å²) in [6.07, 6.45) is 3.96. The van der Waals surface area contributed by atoms with Gasteiger partial charge in [-0.1, -0.05) is 58.4 Å². The summed E-state index contributed by atoms with van der Waals surface area (Å²) >= 11 is 0. The molecule has 17 heavy (non-hydrogen) atoms. The van der Waals surface area contributed by atoms with Crippen LogP contribution < -0.4 is 0 Å². The highest BCUT2D eigenvalue weighted by atomic mass is 14.4. The third-order valence-corrected chi connectivity index (χ3v) is 4.30. The Morgan fingerprint density at radius 3 is 2.53 bits per heavy atom. The summed E-state index contributed by atoms with van der Waals surface area (Å²) in [7, 11) is 0. The molecule has 0 bridgehead atoms. The van der Waals surface area contributed by atoms with Crippen LogP contribution in [0.1, 0.15) is 76.5 Å². The number of aryl methyl sites for hydroxylation is 1. The number of fused-ring (bicyclic) bond motifs is 1. The van der Waals surface area contributed by atoms with E-state index in [1.54, 1.807) is 11.1 Å². The van der Waals surface area contributed by atoms with E-state index in [0.717, 1.165) is 5.92 Å². The van der Waals surface area contributed by atoms with Crippen molar-refractivity contribution in [2.75, 3.05) is 0 Å². The summed E-state index contributed by atoms with van der Waals surface area (Å²) in [4.78, 5) is 0. The van der Waals surface area contributed by atoms with Gasteiger partial charge in [0, 0.05) is 0 Å². The largest absolute Gasteiger partial charge is 0.0683 e. The van der Waals surface area contributed by atoms with E-state index in [9.17, 15) is 0 Å². The molecule has 0 heteroatoms. The summed E-state index contributed by atoms with van der Waals surface area (Å²) in [6, 6.07) is 7.03. The molecule has 0 amide bonds. The van der Waals surface area contributed by atoms with E-state index in [4.69, 9.17) is 0 Å². The molecular weight excluding hydrogens is 204 g/mol. The Morgan fingerprint density at radius 1 is 1.29 bits per heavy atom. The molecule has 0 saturated heterocycles. The molecule has 96 valence electrons. The first-order valence-electron chi connectivity index (χ1n) is 7.18.